The SMILES string of the molecule is CC(=O)N1CCN(S(=O)(=O)c2c(Cl)ccc3nonc23)CC1. The largest absolute Gasteiger partial charge is 0.340 e. The number of carbonyl (C=O) groups is 1. The minimum absolute atomic E-state index is 0.0668. The highest BCUT2D eigenvalue weighted by Gasteiger charge is 2.33. The summed E-state index contributed by atoms with van der Waals surface area (Å²) in [5.41, 5.74) is 0.437. The van der Waals surface area contributed by atoms with Crippen LogP contribution in [0.25, 0.3) is 11.0 Å². The number of sulfonamides is 1. The topological polar surface area (TPSA) is 96.6 Å². The number of halogens is 1. The lowest BCUT2D eigenvalue weighted by Gasteiger charge is -2.33. The van der Waals surface area contributed by atoms with E-state index in [0.717, 1.165) is 0 Å². The first-order chi connectivity index (χ1) is 10.4. The van der Waals surface area contributed by atoms with Crippen LogP contribution in [0.4, 0.5) is 0 Å². The van der Waals surface area contributed by atoms with Crippen molar-refractivity contribution in [2.45, 2.75) is 11.8 Å². The summed E-state index contributed by atoms with van der Waals surface area (Å²) in [7, 11) is -3.84. The Hall–Kier alpha value is -1.71. The average molecular weight is 345 g/mol. The zero-order valence-electron chi connectivity index (χ0n) is 11.7. The van der Waals surface area contributed by atoms with Gasteiger partial charge in [0.05, 0.1) is 5.02 Å². The van der Waals surface area contributed by atoms with Gasteiger partial charge in [-0.3, -0.25) is 4.79 Å². The number of carbonyl (C=O) groups excluding carboxylic acids is 1. The summed E-state index contributed by atoms with van der Waals surface area (Å²) in [4.78, 5) is 12.8. The molecule has 1 amide bonds. The highest BCUT2D eigenvalue weighted by Crippen LogP contribution is 2.31. The van der Waals surface area contributed by atoms with Crippen molar-refractivity contribution in [3.8, 4) is 0 Å². The van der Waals surface area contributed by atoms with Crippen LogP contribution in [0.15, 0.2) is 21.7 Å². The van der Waals surface area contributed by atoms with Gasteiger partial charge in [-0.1, -0.05) is 11.6 Å². The lowest BCUT2D eigenvalue weighted by Crippen LogP contribution is -2.50. The van der Waals surface area contributed by atoms with E-state index in [0.29, 0.717) is 18.6 Å². The minimum atomic E-state index is -3.84. The first-order valence-corrected chi connectivity index (χ1v) is 8.39. The number of benzene rings is 1. The van der Waals surface area contributed by atoms with E-state index in [4.69, 9.17) is 11.6 Å². The molecule has 2 heterocycles. The van der Waals surface area contributed by atoms with Crippen molar-refractivity contribution in [1.29, 1.82) is 0 Å². The third-order valence-electron chi connectivity index (χ3n) is 3.62. The number of nitrogens with zero attached hydrogens (tertiary/aromatic N) is 4. The van der Waals surface area contributed by atoms with Gasteiger partial charge in [0.25, 0.3) is 0 Å². The lowest BCUT2D eigenvalue weighted by molar-refractivity contribution is -0.129. The van der Waals surface area contributed by atoms with E-state index in [2.05, 4.69) is 14.9 Å². The highest BCUT2D eigenvalue weighted by atomic mass is 35.5. The Morgan fingerprint density at radius 3 is 2.55 bits per heavy atom. The maximum atomic E-state index is 12.8. The second-order valence-corrected chi connectivity index (χ2v) is 7.20. The summed E-state index contributed by atoms with van der Waals surface area (Å²) in [5, 5.41) is 7.34. The fraction of sp³-hybridized carbons (Fsp3) is 0.417. The smallest absolute Gasteiger partial charge is 0.247 e. The zero-order chi connectivity index (χ0) is 15.9. The van der Waals surface area contributed by atoms with Gasteiger partial charge in [0.2, 0.25) is 15.9 Å². The van der Waals surface area contributed by atoms with Crippen LogP contribution in [0.3, 0.4) is 0 Å². The van der Waals surface area contributed by atoms with Crippen LogP contribution in [-0.2, 0) is 14.8 Å². The number of aromatic nitrogens is 2. The molecule has 0 aliphatic carbocycles. The molecule has 1 aromatic heterocycles. The Kier molecular flexibility index (Phi) is 3.79. The van der Waals surface area contributed by atoms with E-state index in [1.54, 1.807) is 11.0 Å². The van der Waals surface area contributed by atoms with Crippen molar-refractivity contribution in [2.24, 2.45) is 0 Å². The van der Waals surface area contributed by atoms with Crippen LogP contribution < -0.4 is 0 Å². The summed E-state index contributed by atoms with van der Waals surface area (Å²) in [6.07, 6.45) is 0. The Morgan fingerprint density at radius 1 is 1.23 bits per heavy atom. The highest BCUT2D eigenvalue weighted by molar-refractivity contribution is 7.89. The maximum Gasteiger partial charge on any atom is 0.247 e. The van der Waals surface area contributed by atoms with Gasteiger partial charge in [0, 0.05) is 33.1 Å². The predicted octanol–water partition coefficient (Wildman–Crippen LogP) is 0.729. The normalized spacial score (nSPS) is 17.1. The average Bonchev–Trinajstić information content (AvgIpc) is 2.95. The van der Waals surface area contributed by atoms with Crippen LogP contribution in [0.1, 0.15) is 6.92 Å². The molecule has 1 fully saturated rings. The van der Waals surface area contributed by atoms with E-state index in [1.165, 1.54) is 17.3 Å². The van der Waals surface area contributed by atoms with Crippen molar-refractivity contribution in [1.82, 2.24) is 19.5 Å². The van der Waals surface area contributed by atoms with Gasteiger partial charge in [-0.15, -0.1) is 0 Å². The molecule has 1 aromatic carbocycles. The molecule has 1 aliphatic rings. The van der Waals surface area contributed by atoms with Gasteiger partial charge in [-0.05, 0) is 22.4 Å². The van der Waals surface area contributed by atoms with Crippen LogP contribution in [0.2, 0.25) is 5.02 Å². The molecule has 3 rings (SSSR count). The second-order valence-electron chi connectivity index (χ2n) is 4.92. The van der Waals surface area contributed by atoms with Crippen molar-refractivity contribution in [3.63, 3.8) is 0 Å². The van der Waals surface area contributed by atoms with Gasteiger partial charge in [-0.25, -0.2) is 13.0 Å². The van der Waals surface area contributed by atoms with Crippen molar-refractivity contribution in [2.75, 3.05) is 26.2 Å². The van der Waals surface area contributed by atoms with Gasteiger partial charge >= 0.3 is 0 Å². The molecule has 118 valence electrons. The second kappa shape index (κ2) is 5.49. The standard InChI is InChI=1S/C12H13ClN4O4S/c1-8(18)16-4-6-17(7-5-16)22(19,20)12-9(13)2-3-10-11(12)15-21-14-10/h2-3H,4-7H2,1H3. The summed E-state index contributed by atoms with van der Waals surface area (Å²) in [6, 6.07) is 2.99. The third kappa shape index (κ3) is 2.44. The molecule has 0 bridgehead atoms. The molecule has 0 N–H and O–H groups in total. The number of hydrogen-bond donors (Lipinski definition) is 0. The Bertz CT molecular complexity index is 827. The third-order valence-corrected chi connectivity index (χ3v) is 6.02. The maximum absolute atomic E-state index is 12.8. The molecule has 2 aromatic rings. The number of amides is 1. The molecule has 10 heteroatoms. The van der Waals surface area contributed by atoms with E-state index < -0.39 is 10.0 Å². The van der Waals surface area contributed by atoms with Crippen molar-refractivity contribution in [3.05, 3.63) is 17.2 Å². The molecule has 8 nitrogen and oxygen atoms in total. The molecule has 0 saturated carbocycles. The first-order valence-electron chi connectivity index (χ1n) is 6.57. The Morgan fingerprint density at radius 2 is 1.91 bits per heavy atom. The van der Waals surface area contributed by atoms with E-state index in [9.17, 15) is 13.2 Å². The van der Waals surface area contributed by atoms with Gasteiger partial charge in [0.15, 0.2) is 5.52 Å². The van der Waals surface area contributed by atoms with Crippen LogP contribution in [0, 0.1) is 0 Å². The summed E-state index contributed by atoms with van der Waals surface area (Å²) in [5.74, 6) is -0.0714. The van der Waals surface area contributed by atoms with Crippen LogP contribution >= 0.6 is 11.6 Å². The van der Waals surface area contributed by atoms with E-state index in [-0.39, 0.29) is 34.4 Å². The number of hydrogen-bond acceptors (Lipinski definition) is 6. The molecular weight excluding hydrogens is 332 g/mol. The molecule has 0 atom stereocenters. The molecule has 22 heavy (non-hydrogen) atoms. The fourth-order valence-electron chi connectivity index (χ4n) is 2.42. The number of piperazine rings is 1. The predicted molar refractivity (Wildman–Crippen MR) is 77.8 cm³/mol. The molecule has 1 aliphatic heterocycles. The summed E-state index contributed by atoms with van der Waals surface area (Å²) < 4.78 is 31.5. The Balaban J connectivity index is 1.98. The summed E-state index contributed by atoms with van der Waals surface area (Å²) >= 11 is 6.06. The van der Waals surface area contributed by atoms with Crippen molar-refractivity contribution < 1.29 is 17.8 Å². The Labute approximate surface area is 131 Å². The minimum Gasteiger partial charge on any atom is -0.340 e. The molecule has 1 saturated heterocycles. The quantitative estimate of drug-likeness (QED) is 0.796. The summed E-state index contributed by atoms with van der Waals surface area (Å²) in [6.45, 7) is 2.57. The van der Waals surface area contributed by atoms with E-state index in [1.807, 2.05) is 0 Å². The van der Waals surface area contributed by atoms with Crippen LogP contribution in [0.5, 0.6) is 0 Å². The first kappa shape index (κ1) is 15.2. The van der Waals surface area contributed by atoms with Crippen LogP contribution in [-0.4, -0.2) is 60.0 Å². The van der Waals surface area contributed by atoms with Gasteiger partial charge in [-0.2, -0.15) is 4.31 Å². The lowest BCUT2D eigenvalue weighted by atomic mass is 10.3. The molecular formula is C12H13ClN4O4S. The van der Waals surface area contributed by atoms with Crippen molar-refractivity contribution >= 4 is 38.6 Å². The monoisotopic (exact) mass is 344 g/mol. The van der Waals surface area contributed by atoms with Gasteiger partial charge in [0.1, 0.15) is 10.4 Å². The zero-order valence-corrected chi connectivity index (χ0v) is 13.3. The van der Waals surface area contributed by atoms with E-state index >= 15 is 0 Å². The number of rotatable bonds is 2. The molecule has 0 unspecified atom stereocenters. The number of fused-ring (bicyclic) bond motifs is 1. The molecule has 0 spiro atoms. The fourth-order valence-corrected chi connectivity index (χ4v) is 4.47. The molecule has 0 radical (unpaired) electrons. The van der Waals surface area contributed by atoms with Gasteiger partial charge < -0.3 is 4.90 Å².